The number of carbonyl (C=O) groups excluding carboxylic acids is 2. The van der Waals surface area contributed by atoms with Crippen LogP contribution in [-0.2, 0) is 20.7 Å². The average Bonchev–Trinajstić information content (AvgIpc) is 3.70. The van der Waals surface area contributed by atoms with Crippen LogP contribution in [0.5, 0.6) is 0 Å². The van der Waals surface area contributed by atoms with Crippen LogP contribution in [0.1, 0.15) is 49.4 Å². The van der Waals surface area contributed by atoms with Crippen molar-refractivity contribution in [1.82, 2.24) is 19.9 Å². The van der Waals surface area contributed by atoms with E-state index in [1.54, 1.807) is 16.8 Å². The van der Waals surface area contributed by atoms with E-state index in [9.17, 15) is 22.8 Å². The Morgan fingerprint density at radius 3 is 2.55 bits per heavy atom. The fourth-order valence-corrected chi connectivity index (χ4v) is 5.25. The Labute approximate surface area is 188 Å². The molecule has 11 heteroatoms. The molecular formula is C22H26F3N5O3. The van der Waals surface area contributed by atoms with Crippen molar-refractivity contribution in [2.75, 3.05) is 7.11 Å². The van der Waals surface area contributed by atoms with Gasteiger partial charge in [0.05, 0.1) is 31.2 Å². The lowest BCUT2D eigenvalue weighted by atomic mass is 9.79. The molecule has 2 saturated carbocycles. The second kappa shape index (κ2) is 7.68. The zero-order valence-electron chi connectivity index (χ0n) is 18.1. The van der Waals surface area contributed by atoms with Crippen molar-refractivity contribution in [1.29, 1.82) is 0 Å². The van der Waals surface area contributed by atoms with Gasteiger partial charge < -0.3 is 15.8 Å². The highest BCUT2D eigenvalue weighted by atomic mass is 19.4. The summed E-state index contributed by atoms with van der Waals surface area (Å²) in [5, 5.41) is 6.21. The van der Waals surface area contributed by atoms with Crippen LogP contribution in [0.25, 0.3) is 5.65 Å². The third-order valence-electron chi connectivity index (χ3n) is 7.25. The first-order chi connectivity index (χ1) is 15.6. The van der Waals surface area contributed by atoms with Gasteiger partial charge in [-0.3, -0.25) is 9.59 Å². The Balaban J connectivity index is 1.42. The molecular weight excluding hydrogens is 439 g/mol. The number of amides is 1. The van der Waals surface area contributed by atoms with Gasteiger partial charge in [0.1, 0.15) is 6.04 Å². The summed E-state index contributed by atoms with van der Waals surface area (Å²) in [5.41, 5.74) is 6.21. The molecule has 1 unspecified atom stereocenters. The van der Waals surface area contributed by atoms with Crippen molar-refractivity contribution in [3.8, 4) is 0 Å². The Kier molecular flexibility index (Phi) is 5.15. The van der Waals surface area contributed by atoms with Gasteiger partial charge in [-0.25, -0.2) is 9.50 Å². The van der Waals surface area contributed by atoms with Gasteiger partial charge in [0, 0.05) is 6.42 Å². The van der Waals surface area contributed by atoms with Gasteiger partial charge in [-0.2, -0.15) is 18.3 Å². The molecule has 8 nitrogen and oxygen atoms in total. The molecule has 33 heavy (non-hydrogen) atoms. The highest BCUT2D eigenvalue weighted by Gasteiger charge is 2.60. The van der Waals surface area contributed by atoms with Crippen LogP contribution in [0.2, 0.25) is 0 Å². The molecule has 1 aliphatic heterocycles. The van der Waals surface area contributed by atoms with Gasteiger partial charge in [-0.15, -0.1) is 0 Å². The zero-order chi connectivity index (χ0) is 23.5. The molecule has 0 spiro atoms. The van der Waals surface area contributed by atoms with Crippen molar-refractivity contribution >= 4 is 17.5 Å². The number of aromatic nitrogens is 3. The van der Waals surface area contributed by atoms with E-state index in [0.717, 1.165) is 12.8 Å². The minimum atomic E-state index is -4.67. The van der Waals surface area contributed by atoms with Gasteiger partial charge >= 0.3 is 12.1 Å². The maximum atomic E-state index is 13.3. The monoisotopic (exact) mass is 465 g/mol. The summed E-state index contributed by atoms with van der Waals surface area (Å²) in [4.78, 5) is 29.7. The number of esters is 1. The zero-order valence-corrected chi connectivity index (χ0v) is 18.1. The molecule has 3 fully saturated rings. The van der Waals surface area contributed by atoms with Crippen LogP contribution in [0.15, 0.2) is 18.5 Å². The fraction of sp³-hybridized carbons (Fsp3) is 0.636. The van der Waals surface area contributed by atoms with Crippen molar-refractivity contribution < 1.29 is 27.5 Å². The van der Waals surface area contributed by atoms with Crippen molar-refractivity contribution in [3.63, 3.8) is 0 Å². The maximum absolute atomic E-state index is 13.3. The predicted molar refractivity (Wildman–Crippen MR) is 110 cm³/mol. The Hall–Kier alpha value is -2.69. The SMILES string of the molecule is COC(=O)C1(Cc2cnn3cc([C@@H](N)C(C4CC4)C4CC4)nc3c2)C[C@@H](C(F)(F)F)NC1=O. The van der Waals surface area contributed by atoms with Crippen LogP contribution in [-0.4, -0.2) is 45.8 Å². The van der Waals surface area contributed by atoms with Gasteiger partial charge in [-0.05, 0) is 61.5 Å². The highest BCUT2D eigenvalue weighted by molar-refractivity contribution is 6.04. The van der Waals surface area contributed by atoms with Crippen LogP contribution in [0.4, 0.5) is 13.2 Å². The number of nitrogens with zero attached hydrogens (tertiary/aromatic N) is 3. The van der Waals surface area contributed by atoms with Gasteiger partial charge in [-0.1, -0.05) is 0 Å². The molecule has 3 heterocycles. The second-order valence-corrected chi connectivity index (χ2v) is 9.63. The Bertz CT molecular complexity index is 1080. The minimum Gasteiger partial charge on any atom is -0.468 e. The normalized spacial score (nSPS) is 26.6. The van der Waals surface area contributed by atoms with Crippen LogP contribution in [0, 0.1) is 23.2 Å². The molecule has 2 aromatic heterocycles. The molecule has 1 saturated heterocycles. The minimum absolute atomic E-state index is 0.204. The smallest absolute Gasteiger partial charge is 0.408 e. The summed E-state index contributed by atoms with van der Waals surface area (Å²) in [6.07, 6.45) is 2.32. The van der Waals surface area contributed by atoms with Gasteiger partial charge in [0.2, 0.25) is 5.91 Å². The molecule has 3 atom stereocenters. The van der Waals surface area contributed by atoms with Crippen molar-refractivity contribution in [2.24, 2.45) is 28.9 Å². The number of halogens is 3. The lowest BCUT2D eigenvalue weighted by molar-refractivity contribution is -0.159. The third kappa shape index (κ3) is 3.96. The first kappa shape index (κ1) is 22.1. The first-order valence-corrected chi connectivity index (χ1v) is 11.2. The maximum Gasteiger partial charge on any atom is 0.408 e. The number of alkyl halides is 3. The number of nitrogens with two attached hydrogens (primary N) is 1. The van der Waals surface area contributed by atoms with E-state index >= 15 is 0 Å². The fourth-order valence-electron chi connectivity index (χ4n) is 5.25. The lowest BCUT2D eigenvalue weighted by Gasteiger charge is -2.23. The number of ether oxygens (including phenoxy) is 1. The molecule has 5 rings (SSSR count). The van der Waals surface area contributed by atoms with Gasteiger partial charge in [0.15, 0.2) is 11.1 Å². The van der Waals surface area contributed by atoms with E-state index in [0.29, 0.717) is 29.0 Å². The number of methoxy groups -OCH3 is 1. The number of hydrogen-bond donors (Lipinski definition) is 2. The van der Waals surface area contributed by atoms with E-state index in [1.165, 1.54) is 31.9 Å². The molecule has 0 aromatic carbocycles. The molecule has 3 aliphatic rings. The average molecular weight is 465 g/mol. The summed E-state index contributed by atoms with van der Waals surface area (Å²) < 4.78 is 46.0. The molecule has 178 valence electrons. The Morgan fingerprint density at radius 1 is 1.33 bits per heavy atom. The second-order valence-electron chi connectivity index (χ2n) is 9.63. The summed E-state index contributed by atoms with van der Waals surface area (Å²) in [6, 6.07) is -0.686. The lowest BCUT2D eigenvalue weighted by Crippen LogP contribution is -2.42. The van der Waals surface area contributed by atoms with E-state index < -0.39 is 35.9 Å². The van der Waals surface area contributed by atoms with Crippen LogP contribution >= 0.6 is 0 Å². The largest absolute Gasteiger partial charge is 0.468 e. The summed E-state index contributed by atoms with van der Waals surface area (Å²) in [6.45, 7) is 0. The number of rotatable bonds is 7. The highest BCUT2D eigenvalue weighted by Crippen LogP contribution is 2.53. The number of nitrogens with one attached hydrogen (secondary N) is 1. The summed E-state index contributed by atoms with van der Waals surface area (Å²) >= 11 is 0. The van der Waals surface area contributed by atoms with E-state index in [2.05, 4.69) is 10.1 Å². The number of carbonyl (C=O) groups is 2. The molecule has 1 amide bonds. The predicted octanol–water partition coefficient (Wildman–Crippen LogP) is 2.32. The molecule has 0 bridgehead atoms. The van der Waals surface area contributed by atoms with Crippen molar-refractivity contribution in [2.45, 2.75) is 56.8 Å². The van der Waals surface area contributed by atoms with Crippen LogP contribution < -0.4 is 11.1 Å². The third-order valence-corrected chi connectivity index (χ3v) is 7.25. The van der Waals surface area contributed by atoms with E-state index in [4.69, 9.17) is 10.5 Å². The molecule has 3 N–H and O–H groups in total. The van der Waals surface area contributed by atoms with E-state index in [-0.39, 0.29) is 12.5 Å². The summed E-state index contributed by atoms with van der Waals surface area (Å²) in [7, 11) is 1.05. The number of fused-ring (bicyclic) bond motifs is 1. The molecule has 2 aliphatic carbocycles. The number of imidazole rings is 1. The van der Waals surface area contributed by atoms with Gasteiger partial charge in [0.25, 0.3) is 0 Å². The Morgan fingerprint density at radius 2 is 2.00 bits per heavy atom. The van der Waals surface area contributed by atoms with Crippen LogP contribution in [0.3, 0.4) is 0 Å². The van der Waals surface area contributed by atoms with E-state index in [1.807, 2.05) is 5.32 Å². The first-order valence-electron chi connectivity index (χ1n) is 11.2. The summed E-state index contributed by atoms with van der Waals surface area (Å²) in [5.74, 6) is -0.321. The number of hydrogen-bond acceptors (Lipinski definition) is 6. The molecule has 0 radical (unpaired) electrons. The standard InChI is InChI=1S/C22H26F3N5O3/c1-33-20(32)21(8-15(22(23,24)25)29-19(21)31)7-11-6-16-28-14(10-30(16)27-9-11)18(26)17(12-2-3-12)13-4-5-13/h6,9-10,12-13,15,17-18H,2-5,7-8,26H2,1H3,(H,29,31)/t15-,18+,21?/m0/s1. The quantitative estimate of drug-likeness (QED) is 0.480. The topological polar surface area (TPSA) is 112 Å². The molecule has 2 aromatic rings. The van der Waals surface area contributed by atoms with Crippen molar-refractivity contribution in [3.05, 3.63) is 29.7 Å².